The number of rotatable bonds is 5. The summed E-state index contributed by atoms with van der Waals surface area (Å²) in [6.07, 6.45) is 2.35. The predicted octanol–water partition coefficient (Wildman–Crippen LogP) is -0.314. The van der Waals surface area contributed by atoms with Gasteiger partial charge in [-0.1, -0.05) is 0 Å². The first-order chi connectivity index (χ1) is 8.21. The third kappa shape index (κ3) is 4.22. The van der Waals surface area contributed by atoms with Gasteiger partial charge in [0.1, 0.15) is 6.04 Å². The summed E-state index contributed by atoms with van der Waals surface area (Å²) in [5, 5.41) is 12.0. The number of carbonyl (C=O) groups excluding carboxylic acids is 1. The maximum atomic E-state index is 12.0. The summed E-state index contributed by atoms with van der Waals surface area (Å²) in [5.41, 5.74) is 0. The van der Waals surface area contributed by atoms with Crippen LogP contribution in [0.4, 0.5) is 0 Å². The van der Waals surface area contributed by atoms with E-state index in [0.717, 1.165) is 6.26 Å². The second-order valence-electron chi connectivity index (χ2n) is 5.03. The van der Waals surface area contributed by atoms with Crippen molar-refractivity contribution in [3.05, 3.63) is 0 Å². The second kappa shape index (κ2) is 5.99. The van der Waals surface area contributed by atoms with Crippen LogP contribution in [0, 0.1) is 0 Å². The molecule has 1 aliphatic heterocycles. The Hall–Kier alpha value is -0.660. The van der Waals surface area contributed by atoms with Gasteiger partial charge in [-0.05, 0) is 33.1 Å². The van der Waals surface area contributed by atoms with Crippen LogP contribution in [0.15, 0.2) is 0 Å². The number of hydrogen-bond acceptors (Lipinski definition) is 4. The SMILES string of the molecule is CC(O)CC(C)NC(=O)C1CCCN1S(C)(=O)=O. The van der Waals surface area contributed by atoms with Gasteiger partial charge in [0.15, 0.2) is 0 Å². The monoisotopic (exact) mass is 278 g/mol. The van der Waals surface area contributed by atoms with Crippen LogP contribution in [0.2, 0.25) is 0 Å². The minimum absolute atomic E-state index is 0.167. The van der Waals surface area contributed by atoms with E-state index in [9.17, 15) is 18.3 Å². The number of nitrogens with one attached hydrogen (secondary N) is 1. The van der Waals surface area contributed by atoms with Gasteiger partial charge in [0, 0.05) is 12.6 Å². The molecule has 7 heteroatoms. The zero-order chi connectivity index (χ0) is 13.9. The highest BCUT2D eigenvalue weighted by Crippen LogP contribution is 2.20. The lowest BCUT2D eigenvalue weighted by Gasteiger charge is -2.23. The number of aliphatic hydroxyl groups is 1. The molecule has 1 rings (SSSR count). The summed E-state index contributed by atoms with van der Waals surface area (Å²) in [6.45, 7) is 3.85. The highest BCUT2D eigenvalue weighted by molar-refractivity contribution is 7.88. The average molecular weight is 278 g/mol. The molecule has 0 aromatic rings. The molecule has 1 heterocycles. The quantitative estimate of drug-likeness (QED) is 0.722. The molecule has 0 radical (unpaired) electrons. The highest BCUT2D eigenvalue weighted by atomic mass is 32.2. The van der Waals surface area contributed by atoms with Gasteiger partial charge in [-0.2, -0.15) is 4.31 Å². The van der Waals surface area contributed by atoms with E-state index in [2.05, 4.69) is 5.32 Å². The first-order valence-electron chi connectivity index (χ1n) is 6.17. The van der Waals surface area contributed by atoms with E-state index >= 15 is 0 Å². The number of sulfonamides is 1. The van der Waals surface area contributed by atoms with Crippen molar-refractivity contribution in [2.75, 3.05) is 12.8 Å². The van der Waals surface area contributed by atoms with Crippen molar-refractivity contribution in [3.8, 4) is 0 Å². The maximum Gasteiger partial charge on any atom is 0.238 e. The van der Waals surface area contributed by atoms with Crippen LogP contribution < -0.4 is 5.32 Å². The van der Waals surface area contributed by atoms with Crippen LogP contribution in [-0.2, 0) is 14.8 Å². The molecule has 1 amide bonds. The first kappa shape index (κ1) is 15.4. The molecule has 18 heavy (non-hydrogen) atoms. The van der Waals surface area contributed by atoms with E-state index < -0.39 is 22.2 Å². The summed E-state index contributed by atoms with van der Waals surface area (Å²) < 4.78 is 24.3. The molecule has 3 unspecified atom stereocenters. The Balaban J connectivity index is 2.61. The van der Waals surface area contributed by atoms with Gasteiger partial charge in [0.2, 0.25) is 15.9 Å². The van der Waals surface area contributed by atoms with E-state index in [4.69, 9.17) is 0 Å². The molecule has 0 saturated carbocycles. The van der Waals surface area contributed by atoms with Crippen LogP contribution in [0.3, 0.4) is 0 Å². The van der Waals surface area contributed by atoms with Gasteiger partial charge >= 0.3 is 0 Å². The van der Waals surface area contributed by atoms with Crippen molar-refractivity contribution in [3.63, 3.8) is 0 Å². The Morgan fingerprint density at radius 1 is 1.50 bits per heavy atom. The lowest BCUT2D eigenvalue weighted by molar-refractivity contribution is -0.124. The Labute approximate surface area is 108 Å². The summed E-state index contributed by atoms with van der Waals surface area (Å²) in [7, 11) is -3.33. The molecule has 106 valence electrons. The van der Waals surface area contributed by atoms with Crippen molar-refractivity contribution in [1.82, 2.24) is 9.62 Å². The van der Waals surface area contributed by atoms with Crippen LogP contribution in [-0.4, -0.2) is 54.7 Å². The molecule has 0 aromatic heterocycles. The van der Waals surface area contributed by atoms with Crippen LogP contribution in [0.5, 0.6) is 0 Å². The van der Waals surface area contributed by atoms with Crippen LogP contribution in [0.25, 0.3) is 0 Å². The number of nitrogens with zero attached hydrogens (tertiary/aromatic N) is 1. The topological polar surface area (TPSA) is 86.7 Å². The molecule has 1 saturated heterocycles. The molecule has 1 aliphatic rings. The molecular weight excluding hydrogens is 256 g/mol. The fourth-order valence-corrected chi connectivity index (χ4v) is 3.43. The van der Waals surface area contributed by atoms with E-state index in [-0.39, 0.29) is 11.9 Å². The van der Waals surface area contributed by atoms with E-state index in [1.165, 1.54) is 4.31 Å². The molecule has 0 spiro atoms. The summed E-state index contributed by atoms with van der Waals surface area (Å²) in [6, 6.07) is -0.768. The summed E-state index contributed by atoms with van der Waals surface area (Å²) in [5.74, 6) is -0.272. The largest absolute Gasteiger partial charge is 0.393 e. The first-order valence-corrected chi connectivity index (χ1v) is 8.02. The number of carbonyl (C=O) groups is 1. The zero-order valence-corrected chi connectivity index (χ0v) is 11.9. The van der Waals surface area contributed by atoms with Crippen molar-refractivity contribution >= 4 is 15.9 Å². The molecule has 0 aliphatic carbocycles. The van der Waals surface area contributed by atoms with Gasteiger partial charge in [0.05, 0.1) is 12.4 Å². The predicted molar refractivity (Wildman–Crippen MR) is 68.5 cm³/mol. The molecule has 0 aromatic carbocycles. The smallest absolute Gasteiger partial charge is 0.238 e. The fraction of sp³-hybridized carbons (Fsp3) is 0.909. The van der Waals surface area contributed by atoms with Gasteiger partial charge in [0.25, 0.3) is 0 Å². The fourth-order valence-electron chi connectivity index (χ4n) is 2.31. The molecule has 1 fully saturated rings. The Bertz CT molecular complexity index is 394. The van der Waals surface area contributed by atoms with E-state index in [1.807, 2.05) is 0 Å². The molecule has 0 bridgehead atoms. The van der Waals surface area contributed by atoms with Crippen molar-refractivity contribution in [2.45, 2.75) is 51.3 Å². The van der Waals surface area contributed by atoms with Crippen molar-refractivity contribution in [1.29, 1.82) is 0 Å². The number of hydrogen-bond donors (Lipinski definition) is 2. The molecular formula is C11H22N2O4S. The van der Waals surface area contributed by atoms with Crippen molar-refractivity contribution in [2.24, 2.45) is 0 Å². The number of amides is 1. The van der Waals surface area contributed by atoms with E-state index in [0.29, 0.717) is 25.8 Å². The zero-order valence-electron chi connectivity index (χ0n) is 11.1. The van der Waals surface area contributed by atoms with E-state index in [1.54, 1.807) is 13.8 Å². The van der Waals surface area contributed by atoms with Crippen molar-refractivity contribution < 1.29 is 18.3 Å². The number of aliphatic hydroxyl groups excluding tert-OH is 1. The maximum absolute atomic E-state index is 12.0. The van der Waals surface area contributed by atoms with Crippen LogP contribution in [0.1, 0.15) is 33.1 Å². The standard InChI is InChI=1S/C11H22N2O4S/c1-8(7-9(2)14)12-11(15)10-5-4-6-13(10)18(3,16)17/h8-10,14H,4-7H2,1-3H3,(H,12,15). The lowest BCUT2D eigenvalue weighted by Crippen LogP contribution is -2.48. The van der Waals surface area contributed by atoms with Crippen LogP contribution >= 0.6 is 0 Å². The molecule has 6 nitrogen and oxygen atoms in total. The highest BCUT2D eigenvalue weighted by Gasteiger charge is 2.36. The summed E-state index contributed by atoms with van der Waals surface area (Å²) in [4.78, 5) is 12.0. The van der Waals surface area contributed by atoms with Gasteiger partial charge in [-0.3, -0.25) is 4.79 Å². The lowest BCUT2D eigenvalue weighted by atomic mass is 10.1. The average Bonchev–Trinajstić information content (AvgIpc) is 2.62. The minimum Gasteiger partial charge on any atom is -0.393 e. The van der Waals surface area contributed by atoms with Gasteiger partial charge in [-0.15, -0.1) is 0 Å². The Morgan fingerprint density at radius 2 is 2.11 bits per heavy atom. The summed E-state index contributed by atoms with van der Waals surface area (Å²) >= 11 is 0. The Morgan fingerprint density at radius 3 is 2.61 bits per heavy atom. The molecule has 3 atom stereocenters. The van der Waals surface area contributed by atoms with Gasteiger partial charge in [-0.25, -0.2) is 8.42 Å². The third-order valence-corrected chi connectivity index (χ3v) is 4.30. The Kier molecular flexibility index (Phi) is 5.12. The second-order valence-corrected chi connectivity index (χ2v) is 6.96. The normalized spacial score (nSPS) is 24.8. The van der Waals surface area contributed by atoms with Gasteiger partial charge < -0.3 is 10.4 Å². The minimum atomic E-state index is -3.33. The third-order valence-electron chi connectivity index (χ3n) is 3.02. The molecule has 2 N–H and O–H groups in total.